The second-order valence-electron chi connectivity index (χ2n) is 6.54. The molecule has 1 aromatic carbocycles. The van der Waals surface area contributed by atoms with Crippen molar-refractivity contribution in [2.24, 2.45) is 5.92 Å². The van der Waals surface area contributed by atoms with Crippen LogP contribution >= 0.6 is 12.4 Å². The zero-order valence-corrected chi connectivity index (χ0v) is 15.4. The number of halogens is 1. The Morgan fingerprint density at radius 1 is 1.32 bits per heavy atom. The van der Waals surface area contributed by atoms with Gasteiger partial charge in [-0.3, -0.25) is 4.79 Å². The van der Waals surface area contributed by atoms with Crippen molar-refractivity contribution in [1.29, 1.82) is 0 Å². The van der Waals surface area contributed by atoms with E-state index in [1.807, 2.05) is 43.4 Å². The third-order valence-electron chi connectivity index (χ3n) is 4.38. The summed E-state index contributed by atoms with van der Waals surface area (Å²) >= 11 is 0. The number of carbonyl (C=O) groups excluding carboxylic acids is 1. The summed E-state index contributed by atoms with van der Waals surface area (Å²) < 4.78 is 5.39. The molecule has 25 heavy (non-hydrogen) atoms. The minimum absolute atomic E-state index is 0. The summed E-state index contributed by atoms with van der Waals surface area (Å²) in [7, 11) is 1.86. The number of hydrogen-bond acceptors (Lipinski definition) is 4. The highest BCUT2D eigenvalue weighted by Gasteiger charge is 2.21. The number of rotatable bonds is 9. The fourth-order valence-electron chi connectivity index (χ4n) is 2.63. The van der Waals surface area contributed by atoms with Crippen molar-refractivity contribution in [2.45, 2.75) is 25.7 Å². The van der Waals surface area contributed by atoms with Gasteiger partial charge in [0.05, 0.1) is 6.54 Å². The summed E-state index contributed by atoms with van der Waals surface area (Å²) in [4.78, 5) is 13.8. The third kappa shape index (κ3) is 6.18. The van der Waals surface area contributed by atoms with Gasteiger partial charge in [-0.2, -0.15) is 0 Å². The van der Waals surface area contributed by atoms with Crippen LogP contribution in [0.15, 0.2) is 40.9 Å². The Hall–Kier alpha value is -1.85. The Balaban J connectivity index is 0.00000225. The Labute approximate surface area is 155 Å². The number of likely N-dealkylation sites (N-methyl/N-ethyl adjacent to an activating group) is 1. The van der Waals surface area contributed by atoms with E-state index < -0.39 is 0 Å². The summed E-state index contributed by atoms with van der Waals surface area (Å²) in [6.07, 6.45) is 4.26. The van der Waals surface area contributed by atoms with Gasteiger partial charge in [0.15, 0.2) is 0 Å². The largest absolute Gasteiger partial charge is 0.361 e. The molecule has 5 nitrogen and oxygen atoms in total. The Morgan fingerprint density at radius 2 is 2.08 bits per heavy atom. The van der Waals surface area contributed by atoms with Crippen LogP contribution in [0.1, 0.15) is 25.0 Å². The quantitative estimate of drug-likeness (QED) is 0.743. The number of nitrogens with one attached hydrogen (secondary N) is 1. The molecule has 0 unspecified atom stereocenters. The number of aryl methyl sites for hydroxylation is 1. The minimum atomic E-state index is 0. The van der Waals surface area contributed by atoms with Crippen LogP contribution in [0.5, 0.6) is 0 Å². The van der Waals surface area contributed by atoms with Crippen LogP contribution in [0.25, 0.3) is 11.3 Å². The average Bonchev–Trinajstić information content (AvgIpc) is 3.31. The van der Waals surface area contributed by atoms with Gasteiger partial charge in [0, 0.05) is 31.6 Å². The second-order valence-corrected chi connectivity index (χ2v) is 6.54. The standard InChI is InChI=1S/C19H25N3O2.ClH/c1-22(19(23)14-20-13-15-9-10-15)11-5-8-17-12-18(21-24-17)16-6-3-2-4-7-16;/h2-4,6-7,12,15,20H,5,8-11,13-14H2,1H3;1H. The molecular weight excluding hydrogens is 338 g/mol. The summed E-state index contributed by atoms with van der Waals surface area (Å²) in [5.74, 6) is 1.81. The molecule has 1 amide bonds. The zero-order chi connectivity index (χ0) is 16.8. The third-order valence-corrected chi connectivity index (χ3v) is 4.38. The maximum absolute atomic E-state index is 12.0. The maximum atomic E-state index is 12.0. The Bertz CT molecular complexity index is 656. The molecule has 0 bridgehead atoms. The van der Waals surface area contributed by atoms with E-state index in [0.717, 1.165) is 48.9 Å². The number of amides is 1. The summed E-state index contributed by atoms with van der Waals surface area (Å²) in [5.41, 5.74) is 1.92. The molecule has 1 aliphatic carbocycles. The molecule has 1 aliphatic rings. The molecule has 1 aromatic heterocycles. The number of benzene rings is 1. The lowest BCUT2D eigenvalue weighted by molar-refractivity contribution is -0.129. The highest BCUT2D eigenvalue weighted by molar-refractivity contribution is 5.85. The lowest BCUT2D eigenvalue weighted by Crippen LogP contribution is -2.36. The van der Waals surface area contributed by atoms with Crippen molar-refractivity contribution in [2.75, 3.05) is 26.7 Å². The smallest absolute Gasteiger partial charge is 0.236 e. The van der Waals surface area contributed by atoms with Gasteiger partial charge in [-0.1, -0.05) is 35.5 Å². The van der Waals surface area contributed by atoms with Crippen LogP contribution in [0.4, 0.5) is 0 Å². The van der Waals surface area contributed by atoms with E-state index in [2.05, 4.69) is 10.5 Å². The number of hydrogen-bond donors (Lipinski definition) is 1. The van der Waals surface area contributed by atoms with E-state index in [1.54, 1.807) is 4.90 Å². The van der Waals surface area contributed by atoms with Gasteiger partial charge >= 0.3 is 0 Å². The SMILES string of the molecule is CN(CCCc1cc(-c2ccccc2)no1)C(=O)CNCC1CC1.Cl. The van der Waals surface area contributed by atoms with Gasteiger partial charge < -0.3 is 14.7 Å². The van der Waals surface area contributed by atoms with E-state index in [1.165, 1.54) is 12.8 Å². The van der Waals surface area contributed by atoms with Crippen molar-refractivity contribution in [1.82, 2.24) is 15.4 Å². The van der Waals surface area contributed by atoms with Gasteiger partial charge in [-0.25, -0.2) is 0 Å². The van der Waals surface area contributed by atoms with E-state index in [9.17, 15) is 4.79 Å². The van der Waals surface area contributed by atoms with E-state index in [4.69, 9.17) is 4.52 Å². The van der Waals surface area contributed by atoms with Crippen molar-refractivity contribution in [3.63, 3.8) is 0 Å². The van der Waals surface area contributed by atoms with Crippen LogP contribution in [0.3, 0.4) is 0 Å². The van der Waals surface area contributed by atoms with Crippen molar-refractivity contribution >= 4 is 18.3 Å². The number of aromatic nitrogens is 1. The predicted octanol–water partition coefficient (Wildman–Crippen LogP) is 3.15. The molecule has 0 spiro atoms. The molecule has 0 aliphatic heterocycles. The molecule has 1 heterocycles. The van der Waals surface area contributed by atoms with Crippen molar-refractivity contribution in [3.8, 4) is 11.3 Å². The first-order chi connectivity index (χ1) is 11.7. The van der Waals surface area contributed by atoms with Crippen molar-refractivity contribution < 1.29 is 9.32 Å². The van der Waals surface area contributed by atoms with Gasteiger partial charge in [0.25, 0.3) is 0 Å². The summed E-state index contributed by atoms with van der Waals surface area (Å²) in [6.45, 7) is 2.14. The number of carbonyl (C=O) groups is 1. The first kappa shape index (κ1) is 19.5. The van der Waals surface area contributed by atoms with E-state index in [-0.39, 0.29) is 18.3 Å². The molecule has 6 heteroatoms. The predicted molar refractivity (Wildman–Crippen MR) is 101 cm³/mol. The molecule has 3 rings (SSSR count). The lowest BCUT2D eigenvalue weighted by Gasteiger charge is -2.17. The molecule has 1 N–H and O–H groups in total. The van der Waals surface area contributed by atoms with Crippen LogP contribution in [-0.2, 0) is 11.2 Å². The molecule has 136 valence electrons. The monoisotopic (exact) mass is 363 g/mol. The topological polar surface area (TPSA) is 58.4 Å². The van der Waals surface area contributed by atoms with Crippen LogP contribution in [-0.4, -0.2) is 42.6 Å². The highest BCUT2D eigenvalue weighted by Crippen LogP contribution is 2.27. The second kappa shape index (κ2) is 9.59. The first-order valence-corrected chi connectivity index (χ1v) is 8.68. The fourth-order valence-corrected chi connectivity index (χ4v) is 2.63. The van der Waals surface area contributed by atoms with E-state index in [0.29, 0.717) is 6.54 Å². The Morgan fingerprint density at radius 3 is 2.80 bits per heavy atom. The molecular formula is C19H26ClN3O2. The van der Waals surface area contributed by atoms with Crippen LogP contribution in [0, 0.1) is 5.92 Å². The molecule has 1 fully saturated rings. The van der Waals surface area contributed by atoms with Crippen molar-refractivity contribution in [3.05, 3.63) is 42.2 Å². The molecule has 0 saturated heterocycles. The molecule has 0 atom stereocenters. The first-order valence-electron chi connectivity index (χ1n) is 8.68. The van der Waals surface area contributed by atoms with Gasteiger partial charge in [0.1, 0.15) is 11.5 Å². The fraction of sp³-hybridized carbons (Fsp3) is 0.474. The van der Waals surface area contributed by atoms with E-state index >= 15 is 0 Å². The number of nitrogens with zero attached hydrogens (tertiary/aromatic N) is 2. The molecule has 0 radical (unpaired) electrons. The maximum Gasteiger partial charge on any atom is 0.236 e. The molecule has 2 aromatic rings. The van der Waals surface area contributed by atoms with Gasteiger partial charge in [0.2, 0.25) is 5.91 Å². The normalized spacial score (nSPS) is 13.3. The average molecular weight is 364 g/mol. The van der Waals surface area contributed by atoms with Crippen LogP contribution in [0.2, 0.25) is 0 Å². The zero-order valence-electron chi connectivity index (χ0n) is 14.6. The summed E-state index contributed by atoms with van der Waals surface area (Å²) in [6, 6.07) is 12.0. The highest BCUT2D eigenvalue weighted by atomic mass is 35.5. The summed E-state index contributed by atoms with van der Waals surface area (Å²) in [5, 5.41) is 7.35. The van der Waals surface area contributed by atoms with Gasteiger partial charge in [-0.15, -0.1) is 12.4 Å². The molecule has 1 saturated carbocycles. The van der Waals surface area contributed by atoms with Crippen LogP contribution < -0.4 is 5.32 Å². The van der Waals surface area contributed by atoms with Gasteiger partial charge in [-0.05, 0) is 31.7 Å². The Kier molecular flexibility index (Phi) is 7.47. The minimum Gasteiger partial charge on any atom is -0.361 e. The lowest BCUT2D eigenvalue weighted by atomic mass is 10.1.